The van der Waals surface area contributed by atoms with Crippen LogP contribution in [-0.4, -0.2) is 20.2 Å². The molecule has 2 atom stereocenters. The monoisotopic (exact) mass is 364 g/mol. The van der Waals surface area contributed by atoms with Crippen LogP contribution in [0.4, 0.5) is 5.69 Å². The molecule has 1 aromatic carbocycles. The molecule has 0 saturated carbocycles. The average molecular weight is 364 g/mol. The third-order valence-corrected chi connectivity index (χ3v) is 5.05. The van der Waals surface area contributed by atoms with Crippen molar-refractivity contribution in [3.63, 3.8) is 0 Å². The van der Waals surface area contributed by atoms with E-state index in [1.165, 1.54) is 5.56 Å². The number of phenolic OH excluding ortho intramolecular Hbond substituents is 1. The van der Waals surface area contributed by atoms with Crippen LogP contribution in [0.25, 0.3) is 0 Å². The zero-order chi connectivity index (χ0) is 18.3. The van der Waals surface area contributed by atoms with Crippen molar-refractivity contribution in [3.8, 4) is 5.75 Å². The highest BCUT2D eigenvalue weighted by atomic mass is 32.1. The van der Waals surface area contributed by atoms with Gasteiger partial charge in [0.25, 0.3) is 0 Å². The Bertz CT molecular complexity index is 936. The van der Waals surface area contributed by atoms with E-state index in [4.69, 9.17) is 12.2 Å². The van der Waals surface area contributed by atoms with Gasteiger partial charge in [-0.15, -0.1) is 0 Å². The van der Waals surface area contributed by atoms with Gasteiger partial charge in [0.15, 0.2) is 5.11 Å². The van der Waals surface area contributed by atoms with E-state index < -0.39 is 0 Å². The molecule has 0 unspecified atom stereocenters. The number of phenols is 1. The molecule has 132 valence electrons. The maximum absolute atomic E-state index is 9.64. The van der Waals surface area contributed by atoms with Crippen molar-refractivity contribution in [1.29, 1.82) is 0 Å². The molecule has 1 fully saturated rings. The lowest BCUT2D eigenvalue weighted by atomic mass is 9.96. The Hall–Kier alpha value is -2.86. The van der Waals surface area contributed by atoms with Crippen LogP contribution >= 0.6 is 12.2 Å². The van der Waals surface area contributed by atoms with Gasteiger partial charge in [0.2, 0.25) is 0 Å². The minimum absolute atomic E-state index is 0.0353. The van der Waals surface area contributed by atoms with Gasteiger partial charge >= 0.3 is 0 Å². The molecule has 3 N–H and O–H groups in total. The van der Waals surface area contributed by atoms with E-state index in [1.807, 2.05) is 30.3 Å². The predicted molar refractivity (Wildman–Crippen MR) is 106 cm³/mol. The van der Waals surface area contributed by atoms with Crippen molar-refractivity contribution in [2.75, 3.05) is 4.90 Å². The molecule has 1 saturated heterocycles. The smallest absolute Gasteiger partial charge is 0.174 e. The third-order valence-electron chi connectivity index (χ3n) is 4.73. The first-order chi connectivity index (χ1) is 12.5. The number of aromatic hydroxyl groups is 1. The molecule has 2 aromatic heterocycles. The first-order valence-electron chi connectivity index (χ1n) is 8.50. The summed E-state index contributed by atoms with van der Waals surface area (Å²) < 4.78 is 0. The van der Waals surface area contributed by atoms with Crippen LogP contribution in [0.2, 0.25) is 0 Å². The summed E-state index contributed by atoms with van der Waals surface area (Å²) in [5.74, 6) is 0.235. The lowest BCUT2D eigenvalue weighted by Crippen LogP contribution is -2.29. The maximum atomic E-state index is 9.64. The van der Waals surface area contributed by atoms with E-state index in [2.05, 4.69) is 40.1 Å². The van der Waals surface area contributed by atoms with Crippen LogP contribution < -0.4 is 10.2 Å². The molecular formula is C20H20N4OS. The first kappa shape index (κ1) is 16.6. The predicted octanol–water partition coefficient (Wildman–Crippen LogP) is 3.91. The summed E-state index contributed by atoms with van der Waals surface area (Å²) in [5, 5.41) is 13.7. The van der Waals surface area contributed by atoms with Crippen molar-refractivity contribution in [2.24, 2.45) is 0 Å². The molecule has 1 aliphatic rings. The number of nitrogens with one attached hydrogen (secondary N) is 2. The van der Waals surface area contributed by atoms with Gasteiger partial charge in [-0.05, 0) is 74.1 Å². The molecule has 3 aromatic rings. The average Bonchev–Trinajstić information content (AvgIpc) is 3.15. The Morgan fingerprint density at radius 3 is 2.50 bits per heavy atom. The largest absolute Gasteiger partial charge is 0.508 e. The number of thiocarbonyl (C=S) groups is 1. The highest BCUT2D eigenvalue weighted by Crippen LogP contribution is 2.42. The summed E-state index contributed by atoms with van der Waals surface area (Å²) in [5.41, 5.74) is 5.28. The number of aromatic nitrogens is 2. The lowest BCUT2D eigenvalue weighted by molar-refractivity contribution is 0.475. The Labute approximate surface area is 157 Å². The number of hydrogen-bond donors (Lipinski definition) is 3. The Kier molecular flexibility index (Phi) is 4.12. The van der Waals surface area contributed by atoms with Crippen molar-refractivity contribution in [1.82, 2.24) is 15.3 Å². The first-order valence-corrected chi connectivity index (χ1v) is 8.91. The number of rotatable bonds is 3. The van der Waals surface area contributed by atoms with Crippen LogP contribution in [0, 0.1) is 13.8 Å². The molecule has 0 bridgehead atoms. The van der Waals surface area contributed by atoms with Crippen molar-refractivity contribution in [3.05, 3.63) is 77.4 Å². The van der Waals surface area contributed by atoms with Crippen molar-refractivity contribution < 1.29 is 5.11 Å². The maximum Gasteiger partial charge on any atom is 0.174 e. The van der Waals surface area contributed by atoms with E-state index >= 15 is 0 Å². The summed E-state index contributed by atoms with van der Waals surface area (Å²) in [6, 6.07) is 15.1. The number of aromatic amines is 1. The van der Waals surface area contributed by atoms with E-state index in [1.54, 1.807) is 18.3 Å². The molecule has 6 heteroatoms. The summed E-state index contributed by atoms with van der Waals surface area (Å²) in [6.07, 6.45) is 1.80. The second kappa shape index (κ2) is 6.46. The minimum Gasteiger partial charge on any atom is -0.508 e. The number of anilines is 1. The van der Waals surface area contributed by atoms with E-state index in [0.717, 1.165) is 22.8 Å². The topological polar surface area (TPSA) is 64.2 Å². The summed E-state index contributed by atoms with van der Waals surface area (Å²) in [4.78, 5) is 10.0. The summed E-state index contributed by atoms with van der Waals surface area (Å²) in [6.45, 7) is 4.13. The second-order valence-electron chi connectivity index (χ2n) is 6.55. The van der Waals surface area contributed by atoms with Crippen LogP contribution in [0.3, 0.4) is 0 Å². The van der Waals surface area contributed by atoms with Crippen LogP contribution in [-0.2, 0) is 0 Å². The minimum atomic E-state index is -0.0635. The fourth-order valence-corrected chi connectivity index (χ4v) is 3.96. The van der Waals surface area contributed by atoms with Gasteiger partial charge in [0.05, 0.1) is 17.8 Å². The van der Waals surface area contributed by atoms with Crippen molar-refractivity contribution in [2.45, 2.75) is 25.9 Å². The molecule has 1 aliphatic heterocycles. The van der Waals surface area contributed by atoms with Crippen LogP contribution in [0.1, 0.15) is 34.7 Å². The highest BCUT2D eigenvalue weighted by molar-refractivity contribution is 7.80. The van der Waals surface area contributed by atoms with Gasteiger partial charge in [-0.1, -0.05) is 6.07 Å². The molecule has 0 amide bonds. The van der Waals surface area contributed by atoms with Crippen LogP contribution in [0.15, 0.2) is 54.7 Å². The van der Waals surface area contributed by atoms with E-state index in [-0.39, 0.29) is 17.8 Å². The fraction of sp³-hybridized carbons (Fsp3) is 0.200. The van der Waals surface area contributed by atoms with Gasteiger partial charge in [-0.3, -0.25) is 4.98 Å². The number of benzene rings is 1. The van der Waals surface area contributed by atoms with Gasteiger partial charge in [-0.25, -0.2) is 0 Å². The molecular weight excluding hydrogens is 344 g/mol. The van der Waals surface area contributed by atoms with E-state index in [9.17, 15) is 5.11 Å². The quantitative estimate of drug-likeness (QED) is 0.615. The van der Waals surface area contributed by atoms with Crippen molar-refractivity contribution >= 4 is 23.0 Å². The third kappa shape index (κ3) is 2.82. The zero-order valence-electron chi connectivity index (χ0n) is 14.6. The molecule has 5 nitrogen and oxygen atoms in total. The molecule has 0 radical (unpaired) electrons. The van der Waals surface area contributed by atoms with Gasteiger partial charge in [-0.2, -0.15) is 0 Å². The molecule has 26 heavy (non-hydrogen) atoms. The molecule has 3 heterocycles. The number of H-pyrrole nitrogens is 1. The molecule has 0 spiro atoms. The number of hydrogen-bond acceptors (Lipinski definition) is 3. The Morgan fingerprint density at radius 1 is 1.12 bits per heavy atom. The number of aryl methyl sites for hydroxylation is 2. The van der Waals surface area contributed by atoms with Crippen LogP contribution in [0.5, 0.6) is 5.75 Å². The fourth-order valence-electron chi connectivity index (χ4n) is 3.61. The van der Waals surface area contributed by atoms with E-state index in [0.29, 0.717) is 5.11 Å². The van der Waals surface area contributed by atoms with Gasteiger partial charge in [0.1, 0.15) is 5.75 Å². The van der Waals surface area contributed by atoms with Gasteiger partial charge < -0.3 is 20.3 Å². The molecule has 0 aliphatic carbocycles. The number of nitrogens with zero attached hydrogens (tertiary/aromatic N) is 2. The summed E-state index contributed by atoms with van der Waals surface area (Å²) >= 11 is 5.67. The Balaban J connectivity index is 1.85. The second-order valence-corrected chi connectivity index (χ2v) is 6.93. The molecule has 4 rings (SSSR count). The zero-order valence-corrected chi connectivity index (χ0v) is 15.4. The standard InChI is InChI=1S/C20H20N4OS/c1-12-11-16(13(2)22-12)19-18(17-5-3-4-10-21-17)23-20(26)24(19)14-6-8-15(25)9-7-14/h3-11,18-19,22,25H,1-2H3,(H,23,26)/t18-,19+/m0/s1. The highest BCUT2D eigenvalue weighted by Gasteiger charge is 2.41. The summed E-state index contributed by atoms with van der Waals surface area (Å²) in [7, 11) is 0. The lowest BCUT2D eigenvalue weighted by Gasteiger charge is -2.28. The Morgan fingerprint density at radius 2 is 1.88 bits per heavy atom. The SMILES string of the molecule is Cc1cc([C@@H]2[C@H](c3ccccn3)NC(=S)N2c2ccc(O)cc2)c(C)[nH]1. The normalized spacial score (nSPS) is 19.6. The van der Waals surface area contributed by atoms with Gasteiger partial charge in [0, 0.05) is 23.3 Å². The number of pyridine rings is 1.